The number of aliphatic carboxylic acids is 1. The monoisotopic (exact) mass is 931 g/mol. The highest BCUT2D eigenvalue weighted by Crippen LogP contribution is 2.22. The minimum absolute atomic E-state index is 0.0144. The Labute approximate surface area is 386 Å². The summed E-state index contributed by atoms with van der Waals surface area (Å²) in [6.07, 6.45) is 1.72. The highest BCUT2D eigenvalue weighted by atomic mass is 32.1. The van der Waals surface area contributed by atoms with Crippen molar-refractivity contribution in [3.63, 3.8) is 0 Å². The molecular formula is C44H69N9O11S. The zero-order valence-electron chi connectivity index (χ0n) is 38.4. The Hall–Kier alpha value is -5.28. The van der Waals surface area contributed by atoms with E-state index in [1.807, 2.05) is 13.8 Å². The van der Waals surface area contributed by atoms with E-state index in [1.165, 1.54) is 16.7 Å². The van der Waals surface area contributed by atoms with Crippen molar-refractivity contribution in [2.75, 3.05) is 25.4 Å². The number of benzene rings is 1. The molecule has 362 valence electrons. The number of rotatable bonds is 23. The minimum Gasteiger partial charge on any atom is -0.480 e. The summed E-state index contributed by atoms with van der Waals surface area (Å²) in [5, 5.41) is 35.5. The average Bonchev–Trinajstić information content (AvgIpc) is 3.96. The zero-order valence-corrected chi connectivity index (χ0v) is 39.3. The number of amides is 8. The largest absolute Gasteiger partial charge is 0.480 e. The zero-order chi connectivity index (χ0) is 48.7. The molecule has 9 atom stereocenters. The van der Waals surface area contributed by atoms with E-state index < -0.39 is 126 Å². The second-order valence-corrected chi connectivity index (χ2v) is 18.2. The number of hydrogen-bond donors (Lipinski definition) is 10. The number of nitrogens with one attached hydrogen (secondary N) is 6. The summed E-state index contributed by atoms with van der Waals surface area (Å²) in [5.41, 5.74) is 6.57. The number of hydrogen-bond acceptors (Lipinski definition) is 12. The highest BCUT2D eigenvalue weighted by molar-refractivity contribution is 7.80. The van der Waals surface area contributed by atoms with Gasteiger partial charge in [0.05, 0.1) is 12.6 Å². The number of likely N-dealkylation sites (tertiary alicyclic amines) is 2. The van der Waals surface area contributed by atoms with Crippen molar-refractivity contribution >= 4 is 65.9 Å². The Balaban J connectivity index is 1.67. The van der Waals surface area contributed by atoms with Crippen LogP contribution in [0.1, 0.15) is 86.1 Å². The maximum atomic E-state index is 14.0. The summed E-state index contributed by atoms with van der Waals surface area (Å²) in [7, 11) is 0. The number of nitrogens with two attached hydrogens (primary N) is 1. The molecular weight excluding hydrogens is 863 g/mol. The van der Waals surface area contributed by atoms with Gasteiger partial charge >= 0.3 is 5.97 Å². The Kier molecular flexibility index (Phi) is 21.1. The fourth-order valence-corrected chi connectivity index (χ4v) is 7.96. The molecule has 65 heavy (non-hydrogen) atoms. The lowest BCUT2D eigenvalue weighted by Crippen LogP contribution is -2.62. The number of thiol groups is 1. The van der Waals surface area contributed by atoms with Crippen LogP contribution < -0.4 is 37.6 Å². The smallest absolute Gasteiger partial charge is 0.326 e. The number of carboxylic acids is 1. The SMILES string of the molecule is CC(C)C[C@H](NC(=O)[C@@H]1CCCN1C(=O)[C@@H](NC(=O)[C@@H](NC(=O)[C@H](CO)NC(=O)[C@@H]1CCCN1C(=O)[C@H](C)NC(=O)[C@H](Cc1ccccc1)NC(=O)[C@@H](N)CS)C(C)C)C(C)C)C(=O)O. The summed E-state index contributed by atoms with van der Waals surface area (Å²) in [6, 6.07) is -1.37. The molecule has 21 heteroatoms. The third-order valence-electron chi connectivity index (χ3n) is 11.5. The predicted octanol–water partition coefficient (Wildman–Crippen LogP) is -1.17. The molecule has 10 N–H and O–H groups in total. The third kappa shape index (κ3) is 15.4. The van der Waals surface area contributed by atoms with Crippen LogP contribution in [0.5, 0.6) is 0 Å². The van der Waals surface area contributed by atoms with Gasteiger partial charge in [0.25, 0.3) is 0 Å². The van der Waals surface area contributed by atoms with Crippen LogP contribution in [0.25, 0.3) is 0 Å². The number of carbonyl (C=O) groups excluding carboxylic acids is 8. The Morgan fingerprint density at radius 3 is 1.66 bits per heavy atom. The predicted molar refractivity (Wildman–Crippen MR) is 243 cm³/mol. The first-order valence-electron chi connectivity index (χ1n) is 22.3. The first-order valence-corrected chi connectivity index (χ1v) is 22.9. The molecule has 3 rings (SSSR count). The quantitative estimate of drug-likeness (QED) is 0.0582. The van der Waals surface area contributed by atoms with Crippen LogP contribution >= 0.6 is 12.6 Å². The maximum Gasteiger partial charge on any atom is 0.326 e. The molecule has 0 spiro atoms. The molecule has 1 aromatic rings. The number of aliphatic hydroxyl groups is 1. The second-order valence-electron chi connectivity index (χ2n) is 17.9. The van der Waals surface area contributed by atoms with Gasteiger partial charge in [0.15, 0.2) is 0 Å². The minimum atomic E-state index is -1.55. The Bertz CT molecular complexity index is 1850. The molecule has 0 radical (unpaired) electrons. The van der Waals surface area contributed by atoms with Gasteiger partial charge in [-0.25, -0.2) is 4.79 Å². The van der Waals surface area contributed by atoms with E-state index in [0.29, 0.717) is 19.3 Å². The average molecular weight is 932 g/mol. The first-order chi connectivity index (χ1) is 30.6. The molecule has 2 aliphatic rings. The van der Waals surface area contributed by atoms with Crippen LogP contribution in [0.15, 0.2) is 30.3 Å². The van der Waals surface area contributed by atoms with Crippen LogP contribution in [0.2, 0.25) is 0 Å². The fraction of sp³-hybridized carbons (Fsp3) is 0.659. The first kappa shape index (κ1) is 54.1. The van der Waals surface area contributed by atoms with E-state index >= 15 is 0 Å². The van der Waals surface area contributed by atoms with Gasteiger partial charge in [0, 0.05) is 25.3 Å². The Morgan fingerprint density at radius 2 is 1.17 bits per heavy atom. The van der Waals surface area contributed by atoms with Gasteiger partial charge in [-0.05, 0) is 62.3 Å². The van der Waals surface area contributed by atoms with Gasteiger partial charge in [-0.2, -0.15) is 12.6 Å². The molecule has 1 aromatic carbocycles. The van der Waals surface area contributed by atoms with Crippen molar-refractivity contribution in [3.05, 3.63) is 35.9 Å². The third-order valence-corrected chi connectivity index (χ3v) is 11.9. The van der Waals surface area contributed by atoms with E-state index in [-0.39, 0.29) is 44.0 Å². The Morgan fingerprint density at radius 1 is 0.662 bits per heavy atom. The molecule has 2 heterocycles. The lowest BCUT2D eigenvalue weighted by molar-refractivity contribution is -0.145. The second kappa shape index (κ2) is 25.4. The van der Waals surface area contributed by atoms with Crippen molar-refractivity contribution in [1.82, 2.24) is 41.7 Å². The van der Waals surface area contributed by atoms with Crippen molar-refractivity contribution in [3.8, 4) is 0 Å². The molecule has 2 aliphatic heterocycles. The lowest BCUT2D eigenvalue weighted by Gasteiger charge is -2.33. The van der Waals surface area contributed by atoms with Crippen molar-refractivity contribution in [1.29, 1.82) is 0 Å². The van der Waals surface area contributed by atoms with E-state index in [2.05, 4.69) is 44.5 Å². The van der Waals surface area contributed by atoms with Crippen LogP contribution in [-0.4, -0.2) is 153 Å². The number of carboxylic acid groups (broad SMARTS) is 1. The summed E-state index contributed by atoms with van der Waals surface area (Å²) in [6.45, 7) is 11.3. The van der Waals surface area contributed by atoms with E-state index in [1.54, 1.807) is 58.0 Å². The molecule has 0 bridgehead atoms. The molecule has 2 fully saturated rings. The maximum absolute atomic E-state index is 14.0. The molecule has 20 nitrogen and oxygen atoms in total. The normalized spacial score (nSPS) is 19.3. The van der Waals surface area contributed by atoms with Gasteiger partial charge in [0.2, 0.25) is 47.3 Å². The molecule has 0 saturated carbocycles. The van der Waals surface area contributed by atoms with E-state index in [9.17, 15) is 53.4 Å². The number of nitrogens with zero attached hydrogens (tertiary/aromatic N) is 2. The van der Waals surface area contributed by atoms with Crippen LogP contribution in [0.3, 0.4) is 0 Å². The summed E-state index contributed by atoms with van der Waals surface area (Å²) < 4.78 is 0. The van der Waals surface area contributed by atoms with Crippen LogP contribution in [0, 0.1) is 17.8 Å². The molecule has 0 aliphatic carbocycles. The molecule has 0 unspecified atom stereocenters. The van der Waals surface area contributed by atoms with Crippen LogP contribution in [-0.2, 0) is 49.6 Å². The lowest BCUT2D eigenvalue weighted by atomic mass is 9.98. The van der Waals surface area contributed by atoms with Gasteiger partial charge < -0.3 is 57.6 Å². The van der Waals surface area contributed by atoms with Crippen molar-refractivity contribution in [2.45, 2.75) is 141 Å². The summed E-state index contributed by atoms with van der Waals surface area (Å²) in [4.78, 5) is 123. The highest BCUT2D eigenvalue weighted by Gasteiger charge is 2.42. The molecule has 0 aromatic heterocycles. The van der Waals surface area contributed by atoms with E-state index in [0.717, 1.165) is 5.56 Å². The fourth-order valence-electron chi connectivity index (χ4n) is 7.80. The standard InChI is InChI=1S/C44H69N9O11S/c1-23(2)19-30(44(63)64)48-39(58)33-16-12-18-53(33)43(62)35(25(5)6)51-41(60)34(24(3)4)50-38(57)31(21-54)49-40(59)32-15-11-17-52(32)42(61)26(7)46-37(56)29(47-36(55)28(45)22-65)20-27-13-9-8-10-14-27/h8-10,13-14,23-26,28-35,54,65H,11-12,15-22,45H2,1-7H3,(H,46,56)(H,47,55)(H,48,58)(H,49,59)(H,50,57)(H,51,60)(H,63,64)/t26-,28-,29-,30-,31-,32-,33-,34-,35-/m0/s1. The van der Waals surface area contributed by atoms with Crippen molar-refractivity contribution in [2.24, 2.45) is 23.5 Å². The number of aliphatic hydroxyl groups excluding tert-OH is 1. The van der Waals surface area contributed by atoms with Crippen LogP contribution in [0.4, 0.5) is 0 Å². The van der Waals surface area contributed by atoms with Gasteiger partial charge in [-0.3, -0.25) is 38.4 Å². The topological polar surface area (TPSA) is 299 Å². The van der Waals surface area contributed by atoms with Gasteiger partial charge in [-0.1, -0.05) is 71.9 Å². The molecule has 2 saturated heterocycles. The molecule has 8 amide bonds. The summed E-state index contributed by atoms with van der Waals surface area (Å²) in [5.74, 6) is -7.58. The van der Waals surface area contributed by atoms with Gasteiger partial charge in [-0.15, -0.1) is 0 Å². The van der Waals surface area contributed by atoms with Crippen molar-refractivity contribution < 1.29 is 53.4 Å². The summed E-state index contributed by atoms with van der Waals surface area (Å²) >= 11 is 4.06. The van der Waals surface area contributed by atoms with Gasteiger partial charge in [0.1, 0.15) is 48.3 Å². The number of carbonyl (C=O) groups is 9. The van der Waals surface area contributed by atoms with E-state index in [4.69, 9.17) is 5.73 Å².